The quantitative estimate of drug-likeness (QED) is 0.405. The Balaban J connectivity index is 2.70. The molecule has 1 aliphatic rings. The SMILES string of the molecule is CCC/C=C/[C@@]1(CC)CC(CC)C(CC(=O)OC)OO1. The third kappa shape index (κ3) is 4.60. The number of allylic oxidation sites excluding steroid dienone is 1. The molecule has 0 amide bonds. The molecule has 3 atom stereocenters. The number of carbonyl (C=O) groups excluding carboxylic acids is 1. The fraction of sp³-hybridized carbons (Fsp3) is 0.812. The molecule has 0 bridgehead atoms. The monoisotopic (exact) mass is 284 g/mol. The molecule has 1 heterocycles. The summed E-state index contributed by atoms with van der Waals surface area (Å²) < 4.78 is 4.72. The molecule has 0 aromatic rings. The van der Waals surface area contributed by atoms with Crippen LogP contribution < -0.4 is 0 Å². The number of unbranched alkanes of at least 4 members (excludes halogenated alkanes) is 1. The van der Waals surface area contributed by atoms with E-state index in [1.54, 1.807) is 0 Å². The van der Waals surface area contributed by atoms with E-state index in [0.29, 0.717) is 5.92 Å². The zero-order chi connectivity index (χ0) is 15.0. The van der Waals surface area contributed by atoms with Crippen LogP contribution in [-0.4, -0.2) is 24.8 Å². The molecule has 0 aliphatic carbocycles. The largest absolute Gasteiger partial charge is 0.469 e. The maximum Gasteiger partial charge on any atom is 0.308 e. The summed E-state index contributed by atoms with van der Waals surface area (Å²) in [6, 6.07) is 0. The second-order valence-electron chi connectivity index (χ2n) is 5.48. The highest BCUT2D eigenvalue weighted by Gasteiger charge is 2.41. The van der Waals surface area contributed by atoms with Crippen LogP contribution in [0.15, 0.2) is 12.2 Å². The average Bonchev–Trinajstić information content (AvgIpc) is 2.48. The number of hydrogen-bond donors (Lipinski definition) is 0. The third-order valence-corrected chi connectivity index (χ3v) is 4.07. The van der Waals surface area contributed by atoms with Gasteiger partial charge in [-0.3, -0.25) is 4.79 Å². The predicted octanol–water partition coefficient (Wildman–Crippen LogP) is 3.80. The van der Waals surface area contributed by atoms with Crippen LogP contribution in [0.25, 0.3) is 0 Å². The Bertz CT molecular complexity index is 326. The van der Waals surface area contributed by atoms with Gasteiger partial charge in [0.1, 0.15) is 11.7 Å². The lowest BCUT2D eigenvalue weighted by Crippen LogP contribution is -2.44. The Morgan fingerprint density at radius 1 is 1.40 bits per heavy atom. The fourth-order valence-corrected chi connectivity index (χ4v) is 2.58. The molecular weight excluding hydrogens is 256 g/mol. The van der Waals surface area contributed by atoms with Crippen molar-refractivity contribution in [2.75, 3.05) is 7.11 Å². The maximum atomic E-state index is 11.4. The van der Waals surface area contributed by atoms with Gasteiger partial charge in [0.25, 0.3) is 0 Å². The van der Waals surface area contributed by atoms with Gasteiger partial charge >= 0.3 is 5.97 Å². The molecule has 4 nitrogen and oxygen atoms in total. The summed E-state index contributed by atoms with van der Waals surface area (Å²) in [6.45, 7) is 6.38. The Kier molecular flexibility index (Phi) is 7.24. The van der Waals surface area contributed by atoms with Gasteiger partial charge in [-0.05, 0) is 25.2 Å². The first kappa shape index (κ1) is 17.2. The molecule has 1 rings (SSSR count). The lowest BCUT2D eigenvalue weighted by atomic mass is 9.81. The van der Waals surface area contributed by atoms with E-state index in [0.717, 1.165) is 32.1 Å². The van der Waals surface area contributed by atoms with Crippen LogP contribution in [0.2, 0.25) is 0 Å². The van der Waals surface area contributed by atoms with Gasteiger partial charge in [-0.2, -0.15) is 0 Å². The molecule has 0 aromatic carbocycles. The Hall–Kier alpha value is -0.870. The van der Waals surface area contributed by atoms with Crippen molar-refractivity contribution in [2.24, 2.45) is 5.92 Å². The van der Waals surface area contributed by atoms with Gasteiger partial charge < -0.3 is 4.74 Å². The summed E-state index contributed by atoms with van der Waals surface area (Å²) in [7, 11) is 1.40. The van der Waals surface area contributed by atoms with E-state index in [2.05, 4.69) is 32.9 Å². The first-order valence-corrected chi connectivity index (χ1v) is 7.69. The molecule has 0 spiro atoms. The lowest BCUT2D eigenvalue weighted by molar-refractivity contribution is -0.409. The molecule has 2 unspecified atom stereocenters. The second-order valence-corrected chi connectivity index (χ2v) is 5.48. The summed E-state index contributed by atoms with van der Waals surface area (Å²) in [5.41, 5.74) is -0.345. The Labute approximate surface area is 122 Å². The summed E-state index contributed by atoms with van der Waals surface area (Å²) >= 11 is 0. The van der Waals surface area contributed by atoms with E-state index >= 15 is 0 Å². The molecule has 4 heteroatoms. The van der Waals surface area contributed by atoms with Crippen LogP contribution >= 0.6 is 0 Å². The molecule has 0 N–H and O–H groups in total. The molecule has 20 heavy (non-hydrogen) atoms. The van der Waals surface area contributed by atoms with Gasteiger partial charge in [0.05, 0.1) is 13.5 Å². The van der Waals surface area contributed by atoms with Crippen LogP contribution in [0.4, 0.5) is 0 Å². The van der Waals surface area contributed by atoms with Crippen LogP contribution in [0.1, 0.15) is 59.3 Å². The van der Waals surface area contributed by atoms with E-state index in [1.807, 2.05) is 0 Å². The number of esters is 1. The standard InChI is InChI=1S/C16H28O4/c1-5-8-9-10-16(7-3)12-13(6-2)14(19-20-16)11-15(17)18-4/h9-10,13-14H,5-8,11-12H2,1-4H3/b10-9+/t13?,14?,16-/m0/s1. The van der Waals surface area contributed by atoms with Gasteiger partial charge in [-0.15, -0.1) is 0 Å². The van der Waals surface area contributed by atoms with E-state index in [1.165, 1.54) is 7.11 Å². The Morgan fingerprint density at radius 3 is 2.70 bits per heavy atom. The zero-order valence-electron chi connectivity index (χ0n) is 13.2. The summed E-state index contributed by atoms with van der Waals surface area (Å²) in [4.78, 5) is 22.6. The lowest BCUT2D eigenvalue weighted by Gasteiger charge is -2.41. The minimum atomic E-state index is -0.345. The van der Waals surface area contributed by atoms with Crippen LogP contribution in [0, 0.1) is 5.92 Å². The topological polar surface area (TPSA) is 44.8 Å². The average molecular weight is 284 g/mol. The van der Waals surface area contributed by atoms with Crippen molar-refractivity contribution in [2.45, 2.75) is 71.0 Å². The van der Waals surface area contributed by atoms with Crippen LogP contribution in [0.3, 0.4) is 0 Å². The highest BCUT2D eigenvalue weighted by Crippen LogP contribution is 2.37. The normalized spacial score (nSPS) is 30.6. The van der Waals surface area contributed by atoms with Crippen molar-refractivity contribution in [3.63, 3.8) is 0 Å². The fourth-order valence-electron chi connectivity index (χ4n) is 2.58. The molecule has 116 valence electrons. The molecule has 0 radical (unpaired) electrons. The predicted molar refractivity (Wildman–Crippen MR) is 78.1 cm³/mol. The molecule has 1 aliphatic heterocycles. The van der Waals surface area contributed by atoms with Crippen molar-refractivity contribution in [1.82, 2.24) is 0 Å². The van der Waals surface area contributed by atoms with Gasteiger partial charge in [0, 0.05) is 0 Å². The van der Waals surface area contributed by atoms with Crippen LogP contribution in [0.5, 0.6) is 0 Å². The van der Waals surface area contributed by atoms with Crippen LogP contribution in [-0.2, 0) is 19.3 Å². The van der Waals surface area contributed by atoms with Gasteiger partial charge in [-0.25, -0.2) is 9.78 Å². The molecule has 1 fully saturated rings. The number of hydrogen-bond acceptors (Lipinski definition) is 4. The molecule has 0 saturated carbocycles. The molecule has 0 aromatic heterocycles. The van der Waals surface area contributed by atoms with E-state index in [-0.39, 0.29) is 24.1 Å². The highest BCUT2D eigenvalue weighted by molar-refractivity contribution is 5.69. The number of methoxy groups -OCH3 is 1. The summed E-state index contributed by atoms with van der Waals surface area (Å²) in [6.07, 6.45) is 9.26. The number of rotatable bonds is 7. The van der Waals surface area contributed by atoms with Crippen molar-refractivity contribution in [3.05, 3.63) is 12.2 Å². The number of carbonyl (C=O) groups is 1. The zero-order valence-corrected chi connectivity index (χ0v) is 13.2. The van der Waals surface area contributed by atoms with E-state index in [9.17, 15) is 4.79 Å². The minimum absolute atomic E-state index is 0.202. The van der Waals surface area contributed by atoms with Crippen molar-refractivity contribution < 1.29 is 19.3 Å². The Morgan fingerprint density at radius 2 is 2.15 bits per heavy atom. The van der Waals surface area contributed by atoms with Gasteiger partial charge in [-0.1, -0.05) is 45.8 Å². The minimum Gasteiger partial charge on any atom is -0.469 e. The van der Waals surface area contributed by atoms with Crippen molar-refractivity contribution in [1.29, 1.82) is 0 Å². The highest BCUT2D eigenvalue weighted by atomic mass is 17.2. The first-order valence-electron chi connectivity index (χ1n) is 7.69. The van der Waals surface area contributed by atoms with Gasteiger partial charge in [0.2, 0.25) is 0 Å². The molecule has 1 saturated heterocycles. The first-order chi connectivity index (χ1) is 9.60. The van der Waals surface area contributed by atoms with E-state index in [4.69, 9.17) is 14.5 Å². The smallest absolute Gasteiger partial charge is 0.308 e. The van der Waals surface area contributed by atoms with E-state index < -0.39 is 0 Å². The summed E-state index contributed by atoms with van der Waals surface area (Å²) in [5, 5.41) is 0. The second kappa shape index (κ2) is 8.42. The molecular formula is C16H28O4. The van der Waals surface area contributed by atoms with Crippen molar-refractivity contribution >= 4 is 5.97 Å². The van der Waals surface area contributed by atoms with Gasteiger partial charge in [0.15, 0.2) is 0 Å². The third-order valence-electron chi connectivity index (χ3n) is 4.07. The van der Waals surface area contributed by atoms with Crippen molar-refractivity contribution in [3.8, 4) is 0 Å². The maximum absolute atomic E-state index is 11.4. The summed E-state index contributed by atoms with van der Waals surface area (Å²) in [5.74, 6) is 0.0663. The number of ether oxygens (including phenoxy) is 1.